The minimum Gasteiger partial charge on any atom is -0.288 e. The second kappa shape index (κ2) is 4.37. The molecule has 2 heterocycles. The molecule has 3 aromatic rings. The largest absolute Gasteiger partial charge is 0.288 e. The van der Waals surface area contributed by atoms with Gasteiger partial charge in [0, 0.05) is 31.0 Å². The van der Waals surface area contributed by atoms with Crippen LogP contribution in [0, 0.1) is 27.7 Å². The molecule has 0 radical (unpaired) electrons. The summed E-state index contributed by atoms with van der Waals surface area (Å²) >= 11 is 3.18. The van der Waals surface area contributed by atoms with Gasteiger partial charge in [-0.2, -0.15) is 0 Å². The molecule has 0 unspecified atom stereocenters. The molecule has 0 amide bonds. The van der Waals surface area contributed by atoms with E-state index >= 15 is 0 Å². The Morgan fingerprint density at radius 3 is 1.95 bits per heavy atom. The van der Waals surface area contributed by atoms with Gasteiger partial charge in [0.15, 0.2) is 5.78 Å². The number of ketones is 2. The first-order valence-electron chi connectivity index (χ1n) is 7.14. The van der Waals surface area contributed by atoms with Crippen LogP contribution in [0.25, 0.3) is 10.1 Å². The summed E-state index contributed by atoms with van der Waals surface area (Å²) in [5.41, 5.74) is 3.59. The van der Waals surface area contributed by atoms with E-state index in [1.54, 1.807) is 11.3 Å². The number of benzene rings is 1. The number of carbonyl (C=O) groups is 2. The highest BCUT2D eigenvalue weighted by Crippen LogP contribution is 2.45. The van der Waals surface area contributed by atoms with Gasteiger partial charge < -0.3 is 0 Å². The predicted molar refractivity (Wildman–Crippen MR) is 92.0 cm³/mol. The lowest BCUT2D eigenvalue weighted by molar-refractivity contribution is 0.0982. The van der Waals surface area contributed by atoms with Gasteiger partial charge >= 0.3 is 0 Å². The summed E-state index contributed by atoms with van der Waals surface area (Å²) in [5, 5.41) is 0.993. The van der Waals surface area contributed by atoms with Crippen LogP contribution in [0.15, 0.2) is 12.1 Å². The summed E-state index contributed by atoms with van der Waals surface area (Å²) in [4.78, 5) is 29.0. The second-order valence-electron chi connectivity index (χ2n) is 5.83. The quantitative estimate of drug-likeness (QED) is 0.457. The van der Waals surface area contributed by atoms with Crippen LogP contribution in [0.5, 0.6) is 0 Å². The van der Waals surface area contributed by atoms with Crippen LogP contribution < -0.4 is 0 Å². The lowest BCUT2D eigenvalue weighted by atomic mass is 9.83. The maximum absolute atomic E-state index is 13.1. The molecular weight excluding hydrogens is 312 g/mol. The molecule has 0 fully saturated rings. The van der Waals surface area contributed by atoms with Crippen LogP contribution in [-0.4, -0.2) is 11.6 Å². The molecule has 0 bridgehead atoms. The maximum Gasteiger partial charge on any atom is 0.204 e. The molecule has 22 heavy (non-hydrogen) atoms. The highest BCUT2D eigenvalue weighted by Gasteiger charge is 2.36. The topological polar surface area (TPSA) is 34.1 Å². The Balaban J connectivity index is 2.17. The Morgan fingerprint density at radius 2 is 1.32 bits per heavy atom. The smallest absolute Gasteiger partial charge is 0.204 e. The molecule has 0 atom stereocenters. The number of carbonyl (C=O) groups excluding carboxylic acids is 2. The van der Waals surface area contributed by atoms with Gasteiger partial charge in [-0.3, -0.25) is 9.59 Å². The summed E-state index contributed by atoms with van der Waals surface area (Å²) in [6, 6.07) is 3.86. The average Bonchev–Trinajstić information content (AvgIpc) is 2.99. The van der Waals surface area contributed by atoms with E-state index in [-0.39, 0.29) is 11.6 Å². The van der Waals surface area contributed by atoms with Gasteiger partial charge in [-0.25, -0.2) is 0 Å². The predicted octanol–water partition coefficient (Wildman–Crippen LogP) is 4.97. The minimum absolute atomic E-state index is 0.0100. The molecule has 0 aliphatic heterocycles. The Bertz CT molecular complexity index is 1000. The van der Waals surface area contributed by atoms with Crippen molar-refractivity contribution < 1.29 is 9.59 Å². The second-order valence-corrected chi connectivity index (χ2v) is 8.28. The van der Waals surface area contributed by atoms with Crippen molar-refractivity contribution in [2.24, 2.45) is 0 Å². The summed E-state index contributed by atoms with van der Waals surface area (Å²) in [6.45, 7) is 7.90. The van der Waals surface area contributed by atoms with Crippen molar-refractivity contribution >= 4 is 44.3 Å². The van der Waals surface area contributed by atoms with E-state index in [0.717, 1.165) is 26.1 Å². The van der Waals surface area contributed by atoms with Crippen molar-refractivity contribution in [2.75, 3.05) is 0 Å². The molecule has 1 aromatic carbocycles. The van der Waals surface area contributed by atoms with E-state index in [0.29, 0.717) is 21.6 Å². The van der Waals surface area contributed by atoms with Gasteiger partial charge in [-0.05, 0) is 38.8 Å². The Hall–Kier alpha value is -1.78. The van der Waals surface area contributed by atoms with Crippen molar-refractivity contribution in [3.05, 3.63) is 54.6 Å². The monoisotopic (exact) mass is 326 g/mol. The molecule has 2 nitrogen and oxygen atoms in total. The van der Waals surface area contributed by atoms with Crippen LogP contribution >= 0.6 is 22.7 Å². The van der Waals surface area contributed by atoms with E-state index in [9.17, 15) is 9.59 Å². The highest BCUT2D eigenvalue weighted by molar-refractivity contribution is 7.26. The van der Waals surface area contributed by atoms with Gasteiger partial charge in [0.1, 0.15) is 0 Å². The summed E-state index contributed by atoms with van der Waals surface area (Å²) in [7, 11) is 0. The van der Waals surface area contributed by atoms with E-state index in [1.165, 1.54) is 16.2 Å². The molecular formula is C18H14O2S2. The number of hydrogen-bond donors (Lipinski definition) is 0. The molecule has 0 N–H and O–H groups in total. The van der Waals surface area contributed by atoms with Crippen molar-refractivity contribution in [1.82, 2.24) is 0 Å². The number of rotatable bonds is 0. The molecule has 4 rings (SSSR count). The SMILES string of the molecule is Cc1ccc(C)c2c1C(=O)c1sc3c(C)sc(C)c3c1C2=O. The van der Waals surface area contributed by atoms with E-state index in [2.05, 4.69) is 6.92 Å². The van der Waals surface area contributed by atoms with Crippen molar-refractivity contribution in [2.45, 2.75) is 27.7 Å². The molecule has 1 aliphatic carbocycles. The Morgan fingerprint density at radius 1 is 0.727 bits per heavy atom. The van der Waals surface area contributed by atoms with E-state index in [4.69, 9.17) is 0 Å². The third kappa shape index (κ3) is 1.54. The number of hydrogen-bond acceptors (Lipinski definition) is 4. The molecule has 0 spiro atoms. The molecule has 0 saturated heterocycles. The molecule has 2 aromatic heterocycles. The first-order chi connectivity index (χ1) is 10.4. The van der Waals surface area contributed by atoms with Crippen molar-refractivity contribution in [3.8, 4) is 0 Å². The molecule has 1 aliphatic rings. The fourth-order valence-corrected chi connectivity index (χ4v) is 5.82. The zero-order chi connectivity index (χ0) is 15.8. The minimum atomic E-state index is 0.0100. The fraction of sp³-hybridized carbons (Fsp3) is 0.222. The third-order valence-electron chi connectivity index (χ3n) is 4.40. The summed E-state index contributed by atoms with van der Waals surface area (Å²) in [5.74, 6) is 0.0220. The normalized spacial score (nSPS) is 13.6. The third-order valence-corrected chi connectivity index (χ3v) is 6.85. The average molecular weight is 326 g/mol. The van der Waals surface area contributed by atoms with Crippen LogP contribution in [0.1, 0.15) is 52.0 Å². The van der Waals surface area contributed by atoms with E-state index < -0.39 is 0 Å². The number of thiophene rings is 2. The zero-order valence-electron chi connectivity index (χ0n) is 12.8. The van der Waals surface area contributed by atoms with Crippen LogP contribution in [0.4, 0.5) is 0 Å². The Kier molecular flexibility index (Phi) is 2.75. The van der Waals surface area contributed by atoms with Gasteiger partial charge in [-0.15, -0.1) is 22.7 Å². The first kappa shape index (κ1) is 13.9. The van der Waals surface area contributed by atoms with Gasteiger partial charge in [0.25, 0.3) is 0 Å². The fourth-order valence-electron chi connectivity index (χ4n) is 3.35. The van der Waals surface area contributed by atoms with Gasteiger partial charge in [0.05, 0.1) is 10.4 Å². The van der Waals surface area contributed by atoms with Crippen molar-refractivity contribution in [1.29, 1.82) is 0 Å². The van der Waals surface area contributed by atoms with Crippen LogP contribution in [-0.2, 0) is 0 Å². The van der Waals surface area contributed by atoms with Gasteiger partial charge in [-0.1, -0.05) is 12.1 Å². The Labute approximate surface area is 136 Å². The highest BCUT2D eigenvalue weighted by atomic mass is 32.1. The van der Waals surface area contributed by atoms with Crippen molar-refractivity contribution in [3.63, 3.8) is 0 Å². The van der Waals surface area contributed by atoms with Crippen LogP contribution in [0.2, 0.25) is 0 Å². The van der Waals surface area contributed by atoms with Gasteiger partial charge in [0.2, 0.25) is 5.78 Å². The number of aryl methyl sites for hydroxylation is 4. The van der Waals surface area contributed by atoms with E-state index in [1.807, 2.05) is 32.9 Å². The first-order valence-corrected chi connectivity index (χ1v) is 8.77. The lowest BCUT2D eigenvalue weighted by Crippen LogP contribution is -2.21. The summed E-state index contributed by atoms with van der Waals surface area (Å²) in [6.07, 6.45) is 0. The lowest BCUT2D eigenvalue weighted by Gasteiger charge is -2.18. The summed E-state index contributed by atoms with van der Waals surface area (Å²) < 4.78 is 1.09. The molecule has 4 heteroatoms. The maximum atomic E-state index is 13.1. The molecule has 0 saturated carbocycles. The number of fused-ring (bicyclic) bond motifs is 4. The van der Waals surface area contributed by atoms with Crippen LogP contribution in [0.3, 0.4) is 0 Å². The standard InChI is InChI=1S/C18H14O2S2/c1-7-5-6-8(2)12-11(7)15(19)14-13-9(3)21-10(4)17(13)22-18(14)16(12)20/h5-6H,1-4H3. The zero-order valence-corrected chi connectivity index (χ0v) is 14.4. The molecule has 110 valence electrons.